The van der Waals surface area contributed by atoms with E-state index in [0.29, 0.717) is 12.8 Å². The van der Waals surface area contributed by atoms with Gasteiger partial charge in [-0.3, -0.25) is 9.59 Å². The van der Waals surface area contributed by atoms with Crippen LogP contribution in [0.15, 0.2) is 134 Å². The summed E-state index contributed by atoms with van der Waals surface area (Å²) in [6.45, 7) is 3.95. The van der Waals surface area contributed by atoms with Crippen molar-refractivity contribution in [3.05, 3.63) is 134 Å². The van der Waals surface area contributed by atoms with Crippen LogP contribution in [-0.4, -0.2) is 36.4 Å². The van der Waals surface area contributed by atoms with Crippen molar-refractivity contribution < 1.29 is 24.2 Å². The van der Waals surface area contributed by atoms with Gasteiger partial charge < -0.3 is 14.6 Å². The monoisotopic (exact) mass is 855 g/mol. The van der Waals surface area contributed by atoms with Gasteiger partial charge in [-0.1, -0.05) is 199 Å². The van der Waals surface area contributed by atoms with Gasteiger partial charge in [0.1, 0.15) is 6.61 Å². The van der Waals surface area contributed by atoms with Crippen LogP contribution < -0.4 is 0 Å². The van der Waals surface area contributed by atoms with Crippen molar-refractivity contribution in [1.82, 2.24) is 0 Å². The van der Waals surface area contributed by atoms with Gasteiger partial charge in [0.25, 0.3) is 0 Å². The van der Waals surface area contributed by atoms with E-state index in [9.17, 15) is 14.7 Å². The van der Waals surface area contributed by atoms with Crippen molar-refractivity contribution >= 4 is 11.9 Å². The average Bonchev–Trinajstić information content (AvgIpc) is 3.28. The Labute approximate surface area is 381 Å². The summed E-state index contributed by atoms with van der Waals surface area (Å²) in [6, 6.07) is 0. The number of carbonyl (C=O) groups is 2. The van der Waals surface area contributed by atoms with Crippen molar-refractivity contribution in [2.24, 2.45) is 0 Å². The molecule has 0 bridgehead atoms. The highest BCUT2D eigenvalue weighted by Crippen LogP contribution is 2.11. The minimum atomic E-state index is -0.802. The quantitative estimate of drug-likeness (QED) is 0.0376. The Bertz CT molecular complexity index is 1330. The number of unbranched alkanes of at least 4 members (excludes halogenated alkanes) is 13. The largest absolute Gasteiger partial charge is 0.462 e. The second-order valence-electron chi connectivity index (χ2n) is 15.8. The van der Waals surface area contributed by atoms with Gasteiger partial charge in [0, 0.05) is 12.8 Å². The van der Waals surface area contributed by atoms with Crippen LogP contribution in [0.3, 0.4) is 0 Å². The number of aliphatic hydroxyl groups is 1. The Kier molecular flexibility index (Phi) is 48.1. The molecule has 1 unspecified atom stereocenters. The molecule has 0 aliphatic carbocycles. The third kappa shape index (κ3) is 48.7. The van der Waals surface area contributed by atoms with Gasteiger partial charge in [-0.2, -0.15) is 0 Å². The van der Waals surface area contributed by atoms with E-state index in [-0.39, 0.29) is 25.2 Å². The number of allylic oxidation sites excluding steroid dienone is 22. The average molecular weight is 855 g/mol. The predicted octanol–water partition coefficient (Wildman–Crippen LogP) is 16.5. The van der Waals surface area contributed by atoms with E-state index in [1.165, 1.54) is 44.9 Å². The Morgan fingerprint density at radius 2 is 0.694 bits per heavy atom. The maximum absolute atomic E-state index is 12.3. The van der Waals surface area contributed by atoms with Gasteiger partial charge in [0.15, 0.2) is 6.10 Å². The highest BCUT2D eigenvalue weighted by molar-refractivity contribution is 5.70. The normalized spacial score (nSPS) is 13.4. The molecule has 0 fully saturated rings. The Hall–Kier alpha value is -3.96. The number of hydrogen-bond donors (Lipinski definition) is 1. The number of aliphatic hydroxyl groups excluding tert-OH is 1. The molecule has 0 spiro atoms. The molecule has 1 atom stereocenters. The molecule has 0 radical (unpaired) electrons. The lowest BCUT2D eigenvalue weighted by atomic mass is 10.1. The SMILES string of the molecule is CC/C=C\C/C=C\C/C=C\C/C=C\C/C=C\C/C=C\C/C=C\C/C=C\CCCCCCC(=O)OC(CO)COC(=O)CCCCCCCC/C=C\C/C=C\C/C=C\CCCCC. The molecule has 62 heavy (non-hydrogen) atoms. The van der Waals surface area contributed by atoms with Gasteiger partial charge in [0.05, 0.1) is 6.61 Å². The van der Waals surface area contributed by atoms with Gasteiger partial charge in [0.2, 0.25) is 0 Å². The van der Waals surface area contributed by atoms with E-state index in [4.69, 9.17) is 9.47 Å². The van der Waals surface area contributed by atoms with E-state index in [0.717, 1.165) is 122 Å². The highest BCUT2D eigenvalue weighted by Gasteiger charge is 2.16. The van der Waals surface area contributed by atoms with E-state index in [1.54, 1.807) is 0 Å². The summed E-state index contributed by atoms with van der Waals surface area (Å²) < 4.78 is 10.6. The van der Waals surface area contributed by atoms with Crippen molar-refractivity contribution in [3.8, 4) is 0 Å². The smallest absolute Gasteiger partial charge is 0.306 e. The number of ether oxygens (including phenoxy) is 2. The third-order valence-corrected chi connectivity index (χ3v) is 9.93. The molecule has 0 aliphatic heterocycles. The zero-order chi connectivity index (χ0) is 44.9. The molecular formula is C57H90O5. The number of hydrogen-bond acceptors (Lipinski definition) is 5. The number of carbonyl (C=O) groups excluding carboxylic acids is 2. The molecule has 0 aromatic rings. The third-order valence-electron chi connectivity index (χ3n) is 9.93. The zero-order valence-corrected chi connectivity index (χ0v) is 39.6. The highest BCUT2D eigenvalue weighted by atomic mass is 16.6. The van der Waals surface area contributed by atoms with E-state index in [1.807, 2.05) is 0 Å². The lowest BCUT2D eigenvalue weighted by molar-refractivity contribution is -0.161. The standard InChI is InChI=1S/C57H90O5/c1-3-5-7-9-11-13-15-17-19-21-23-24-25-26-27-28-29-30-31-32-34-36-38-40-42-44-46-48-50-52-57(60)62-55(53-58)54-61-56(59)51-49-47-45-43-41-39-37-35-33-22-20-18-16-14-12-10-8-6-4-2/h5,7,11-14,17-20,23-24,26-27,29-30,32-35,38,40,55,58H,3-4,6,8-10,15-16,21-22,25,28,31,36-37,39,41-54H2,1-2H3/b7-5-,13-11-,14-12-,19-17-,20-18-,24-23-,27-26-,30-29-,34-32-,35-33-,40-38-. The summed E-state index contributed by atoms with van der Waals surface area (Å²) in [4.78, 5) is 24.4. The van der Waals surface area contributed by atoms with E-state index >= 15 is 0 Å². The molecule has 0 saturated carbocycles. The fourth-order valence-corrected chi connectivity index (χ4v) is 6.22. The first-order chi connectivity index (χ1) is 30.6. The number of esters is 2. The first-order valence-corrected chi connectivity index (χ1v) is 24.7. The molecule has 0 saturated heterocycles. The molecule has 1 N–H and O–H groups in total. The molecular weight excluding hydrogens is 765 g/mol. The van der Waals surface area contributed by atoms with Crippen LogP contribution in [0, 0.1) is 0 Å². The van der Waals surface area contributed by atoms with E-state index in [2.05, 4.69) is 148 Å². The molecule has 5 nitrogen and oxygen atoms in total. The first kappa shape index (κ1) is 58.0. The molecule has 0 aromatic carbocycles. The van der Waals surface area contributed by atoms with Crippen LogP contribution >= 0.6 is 0 Å². The molecule has 0 amide bonds. The molecule has 5 heteroatoms. The van der Waals surface area contributed by atoms with Crippen LogP contribution in [0.5, 0.6) is 0 Å². The summed E-state index contributed by atoms with van der Waals surface area (Å²) >= 11 is 0. The van der Waals surface area contributed by atoms with Crippen LogP contribution in [-0.2, 0) is 19.1 Å². The minimum Gasteiger partial charge on any atom is -0.462 e. The minimum absolute atomic E-state index is 0.0927. The Morgan fingerprint density at radius 3 is 1.05 bits per heavy atom. The summed E-state index contributed by atoms with van der Waals surface area (Å²) in [7, 11) is 0. The molecule has 0 heterocycles. The second kappa shape index (κ2) is 51.4. The van der Waals surface area contributed by atoms with Crippen molar-refractivity contribution in [2.75, 3.05) is 13.2 Å². The molecule has 0 aliphatic rings. The van der Waals surface area contributed by atoms with Crippen LogP contribution in [0.2, 0.25) is 0 Å². The van der Waals surface area contributed by atoms with Gasteiger partial charge >= 0.3 is 11.9 Å². The topological polar surface area (TPSA) is 72.8 Å². The second-order valence-corrected chi connectivity index (χ2v) is 15.8. The van der Waals surface area contributed by atoms with E-state index < -0.39 is 6.10 Å². The summed E-state index contributed by atoms with van der Waals surface area (Å²) in [5.74, 6) is -0.646. The fraction of sp³-hybridized carbons (Fsp3) is 0.579. The first-order valence-electron chi connectivity index (χ1n) is 24.7. The van der Waals surface area contributed by atoms with Crippen molar-refractivity contribution in [2.45, 2.75) is 200 Å². The fourth-order valence-electron chi connectivity index (χ4n) is 6.22. The van der Waals surface area contributed by atoms with Gasteiger partial charge in [-0.05, 0) is 116 Å². The molecule has 0 rings (SSSR count). The van der Waals surface area contributed by atoms with Crippen LogP contribution in [0.1, 0.15) is 194 Å². The van der Waals surface area contributed by atoms with Crippen molar-refractivity contribution in [1.29, 1.82) is 0 Å². The maximum atomic E-state index is 12.3. The van der Waals surface area contributed by atoms with Crippen LogP contribution in [0.4, 0.5) is 0 Å². The van der Waals surface area contributed by atoms with Crippen LogP contribution in [0.25, 0.3) is 0 Å². The number of rotatable bonds is 43. The Balaban J connectivity index is 3.68. The van der Waals surface area contributed by atoms with Crippen molar-refractivity contribution in [3.63, 3.8) is 0 Å². The summed E-state index contributed by atoms with van der Waals surface area (Å²) in [5.41, 5.74) is 0. The maximum Gasteiger partial charge on any atom is 0.306 e. The predicted molar refractivity (Wildman–Crippen MR) is 269 cm³/mol. The summed E-state index contributed by atoms with van der Waals surface area (Å²) in [5, 5.41) is 9.62. The zero-order valence-electron chi connectivity index (χ0n) is 39.6. The lowest BCUT2D eigenvalue weighted by Crippen LogP contribution is -2.28. The Morgan fingerprint density at radius 1 is 0.387 bits per heavy atom. The lowest BCUT2D eigenvalue weighted by Gasteiger charge is -2.15. The molecule has 0 aromatic heterocycles. The van der Waals surface area contributed by atoms with Gasteiger partial charge in [-0.15, -0.1) is 0 Å². The van der Waals surface area contributed by atoms with Gasteiger partial charge in [-0.25, -0.2) is 0 Å². The molecule has 348 valence electrons. The summed E-state index contributed by atoms with van der Waals surface area (Å²) in [6.07, 6.45) is 76.7.